The van der Waals surface area contributed by atoms with Crippen LogP contribution < -0.4 is 5.32 Å². The summed E-state index contributed by atoms with van der Waals surface area (Å²) in [6, 6.07) is 7.77. The highest BCUT2D eigenvalue weighted by Gasteiger charge is 2.27. The standard InChI is InChI=1S/C17H22FNS/c1-2-9-19-17(12-5-3-4-6-12)16-11-13-10-14(18)7-8-15(13)20-16/h7-8,10-12,17,19H,2-6,9H2,1H3. The maximum atomic E-state index is 13.3. The first-order valence-electron chi connectivity index (χ1n) is 7.70. The zero-order valence-corrected chi connectivity index (χ0v) is 12.8. The number of hydrogen-bond donors (Lipinski definition) is 1. The van der Waals surface area contributed by atoms with Gasteiger partial charge < -0.3 is 5.32 Å². The molecule has 3 heteroatoms. The maximum Gasteiger partial charge on any atom is 0.123 e. The van der Waals surface area contributed by atoms with Crippen molar-refractivity contribution in [1.29, 1.82) is 0 Å². The first-order chi connectivity index (χ1) is 9.78. The molecule has 1 fully saturated rings. The monoisotopic (exact) mass is 291 g/mol. The second-order valence-electron chi connectivity index (χ2n) is 5.81. The first kappa shape index (κ1) is 14.0. The van der Waals surface area contributed by atoms with Crippen molar-refractivity contribution < 1.29 is 4.39 Å². The summed E-state index contributed by atoms with van der Waals surface area (Å²) in [4.78, 5) is 1.38. The van der Waals surface area contributed by atoms with Gasteiger partial charge in [0.25, 0.3) is 0 Å². The fourth-order valence-corrected chi connectivity index (χ4v) is 4.49. The molecule has 0 bridgehead atoms. The Labute approximate surface area is 124 Å². The van der Waals surface area contributed by atoms with Crippen LogP contribution in [-0.4, -0.2) is 6.54 Å². The summed E-state index contributed by atoms with van der Waals surface area (Å²) < 4.78 is 14.5. The van der Waals surface area contributed by atoms with Gasteiger partial charge in [-0.2, -0.15) is 0 Å². The molecule has 0 radical (unpaired) electrons. The average Bonchev–Trinajstić information content (AvgIpc) is 3.08. The van der Waals surface area contributed by atoms with E-state index in [2.05, 4.69) is 18.3 Å². The molecule has 0 amide bonds. The minimum atomic E-state index is -0.138. The van der Waals surface area contributed by atoms with Gasteiger partial charge in [-0.15, -0.1) is 11.3 Å². The summed E-state index contributed by atoms with van der Waals surface area (Å²) in [6.45, 7) is 3.27. The molecule has 0 saturated heterocycles. The van der Waals surface area contributed by atoms with Crippen LogP contribution in [-0.2, 0) is 0 Å². The van der Waals surface area contributed by atoms with Crippen molar-refractivity contribution in [2.45, 2.75) is 45.1 Å². The molecule has 2 aromatic rings. The van der Waals surface area contributed by atoms with Crippen LogP contribution in [0.15, 0.2) is 24.3 Å². The lowest BCUT2D eigenvalue weighted by molar-refractivity contribution is 0.373. The van der Waals surface area contributed by atoms with Crippen molar-refractivity contribution in [2.24, 2.45) is 5.92 Å². The van der Waals surface area contributed by atoms with Gasteiger partial charge in [-0.05, 0) is 61.4 Å². The summed E-state index contributed by atoms with van der Waals surface area (Å²) >= 11 is 1.82. The molecule has 108 valence electrons. The van der Waals surface area contributed by atoms with Crippen LogP contribution in [0.3, 0.4) is 0 Å². The average molecular weight is 291 g/mol. The van der Waals surface area contributed by atoms with Crippen molar-refractivity contribution >= 4 is 21.4 Å². The lowest BCUT2D eigenvalue weighted by Gasteiger charge is -2.23. The Kier molecular flexibility index (Phi) is 4.37. The van der Waals surface area contributed by atoms with E-state index in [0.29, 0.717) is 6.04 Å². The van der Waals surface area contributed by atoms with Crippen molar-refractivity contribution in [3.05, 3.63) is 35.0 Å². The van der Waals surface area contributed by atoms with Gasteiger partial charge in [0, 0.05) is 15.6 Å². The van der Waals surface area contributed by atoms with Gasteiger partial charge in [0.15, 0.2) is 0 Å². The van der Waals surface area contributed by atoms with Crippen LogP contribution in [0.1, 0.15) is 49.9 Å². The van der Waals surface area contributed by atoms with Crippen molar-refractivity contribution in [2.75, 3.05) is 6.54 Å². The highest BCUT2D eigenvalue weighted by molar-refractivity contribution is 7.19. The van der Waals surface area contributed by atoms with E-state index in [-0.39, 0.29) is 5.82 Å². The highest BCUT2D eigenvalue weighted by atomic mass is 32.1. The fraction of sp³-hybridized carbons (Fsp3) is 0.529. The Balaban J connectivity index is 1.90. The number of halogens is 1. The minimum Gasteiger partial charge on any atom is -0.309 e. The van der Waals surface area contributed by atoms with Crippen molar-refractivity contribution in [3.8, 4) is 0 Å². The predicted octanol–water partition coefficient (Wildman–Crippen LogP) is 5.27. The molecular formula is C17H22FNS. The molecule has 1 atom stereocenters. The highest BCUT2D eigenvalue weighted by Crippen LogP contribution is 2.40. The second-order valence-corrected chi connectivity index (χ2v) is 6.92. The van der Waals surface area contributed by atoms with Gasteiger partial charge in [0.2, 0.25) is 0 Å². The SMILES string of the molecule is CCCNC(c1cc2cc(F)ccc2s1)C1CCCC1. The largest absolute Gasteiger partial charge is 0.309 e. The number of hydrogen-bond acceptors (Lipinski definition) is 2. The molecule has 1 N–H and O–H groups in total. The van der Waals surface area contributed by atoms with Crippen molar-refractivity contribution in [3.63, 3.8) is 0 Å². The Morgan fingerprint density at radius 1 is 1.30 bits per heavy atom. The van der Waals surface area contributed by atoms with Crippen LogP contribution in [0.5, 0.6) is 0 Å². The smallest absolute Gasteiger partial charge is 0.123 e. The van der Waals surface area contributed by atoms with Gasteiger partial charge in [0.1, 0.15) is 5.82 Å². The Bertz CT molecular complexity index is 571. The van der Waals surface area contributed by atoms with Crippen LogP contribution in [0.4, 0.5) is 4.39 Å². The lowest BCUT2D eigenvalue weighted by Crippen LogP contribution is -2.27. The Morgan fingerprint density at radius 2 is 2.10 bits per heavy atom. The third kappa shape index (κ3) is 2.89. The van der Waals surface area contributed by atoms with E-state index >= 15 is 0 Å². The van der Waals surface area contributed by atoms with Crippen LogP contribution in [0, 0.1) is 11.7 Å². The predicted molar refractivity (Wildman–Crippen MR) is 84.8 cm³/mol. The van der Waals surface area contributed by atoms with E-state index in [1.54, 1.807) is 12.1 Å². The van der Waals surface area contributed by atoms with E-state index in [1.807, 2.05) is 17.4 Å². The van der Waals surface area contributed by atoms with E-state index < -0.39 is 0 Å². The maximum absolute atomic E-state index is 13.3. The molecule has 0 spiro atoms. The zero-order chi connectivity index (χ0) is 13.9. The van der Waals surface area contributed by atoms with E-state index in [0.717, 1.165) is 24.3 Å². The molecule has 0 aliphatic heterocycles. The summed E-state index contributed by atoms with van der Waals surface area (Å²) in [5.41, 5.74) is 0. The molecule has 1 aliphatic rings. The zero-order valence-electron chi connectivity index (χ0n) is 12.0. The van der Waals surface area contributed by atoms with Crippen LogP contribution in [0.2, 0.25) is 0 Å². The molecular weight excluding hydrogens is 269 g/mol. The molecule has 1 aliphatic carbocycles. The van der Waals surface area contributed by atoms with E-state index in [9.17, 15) is 4.39 Å². The van der Waals surface area contributed by atoms with Gasteiger partial charge in [-0.1, -0.05) is 19.8 Å². The Hall–Kier alpha value is -0.930. The molecule has 1 saturated carbocycles. The molecule has 20 heavy (non-hydrogen) atoms. The van der Waals surface area contributed by atoms with E-state index in [1.165, 1.54) is 35.3 Å². The molecule has 1 nitrogen and oxygen atoms in total. The topological polar surface area (TPSA) is 12.0 Å². The number of fused-ring (bicyclic) bond motifs is 1. The normalized spacial score (nSPS) is 17.9. The second kappa shape index (κ2) is 6.23. The fourth-order valence-electron chi connectivity index (χ4n) is 3.28. The number of thiophene rings is 1. The number of nitrogens with one attached hydrogen (secondary N) is 1. The molecule has 3 rings (SSSR count). The van der Waals surface area contributed by atoms with E-state index in [4.69, 9.17) is 0 Å². The Morgan fingerprint density at radius 3 is 2.85 bits per heavy atom. The molecule has 1 aromatic carbocycles. The summed E-state index contributed by atoms with van der Waals surface area (Å²) in [5.74, 6) is 0.611. The summed E-state index contributed by atoms with van der Waals surface area (Å²) in [6.07, 6.45) is 6.51. The first-order valence-corrected chi connectivity index (χ1v) is 8.52. The van der Waals surface area contributed by atoms with Gasteiger partial charge in [-0.3, -0.25) is 0 Å². The van der Waals surface area contributed by atoms with Crippen molar-refractivity contribution in [1.82, 2.24) is 5.32 Å². The van der Waals surface area contributed by atoms with Gasteiger partial charge >= 0.3 is 0 Å². The van der Waals surface area contributed by atoms with Gasteiger partial charge in [-0.25, -0.2) is 4.39 Å². The minimum absolute atomic E-state index is 0.138. The van der Waals surface area contributed by atoms with Gasteiger partial charge in [0.05, 0.1) is 0 Å². The lowest BCUT2D eigenvalue weighted by atomic mass is 9.96. The number of rotatable bonds is 5. The van der Waals surface area contributed by atoms with Crippen LogP contribution >= 0.6 is 11.3 Å². The molecule has 1 aromatic heterocycles. The van der Waals surface area contributed by atoms with Crippen LogP contribution in [0.25, 0.3) is 10.1 Å². The molecule has 1 unspecified atom stereocenters. The molecule has 1 heterocycles. The summed E-state index contributed by atoms with van der Waals surface area (Å²) in [5, 5.41) is 4.77. The summed E-state index contributed by atoms with van der Waals surface area (Å²) in [7, 11) is 0. The third-order valence-electron chi connectivity index (χ3n) is 4.29. The number of benzene rings is 1. The third-order valence-corrected chi connectivity index (χ3v) is 5.49. The quantitative estimate of drug-likeness (QED) is 0.791.